The van der Waals surface area contributed by atoms with Crippen molar-refractivity contribution in [1.29, 1.82) is 5.26 Å². The zero-order valence-electron chi connectivity index (χ0n) is 18.1. The summed E-state index contributed by atoms with van der Waals surface area (Å²) < 4.78 is 20.8. The van der Waals surface area contributed by atoms with Crippen molar-refractivity contribution in [3.63, 3.8) is 0 Å². The van der Waals surface area contributed by atoms with Gasteiger partial charge >= 0.3 is 0 Å². The molecule has 0 fully saturated rings. The van der Waals surface area contributed by atoms with Crippen LogP contribution in [0.3, 0.4) is 0 Å². The number of hydrogen-bond donors (Lipinski definition) is 1. The van der Waals surface area contributed by atoms with E-state index in [4.69, 9.17) is 14.2 Å². The maximum absolute atomic E-state index is 12.3. The van der Waals surface area contributed by atoms with E-state index in [2.05, 4.69) is 14.7 Å². The molecule has 0 atom stereocenters. The number of para-hydroxylation sites is 2. The van der Waals surface area contributed by atoms with Gasteiger partial charge in [0.15, 0.2) is 11.5 Å². The number of thioether (sulfide) groups is 1. The van der Waals surface area contributed by atoms with Gasteiger partial charge in [0.1, 0.15) is 17.4 Å². The SMILES string of the molecule is COc1ccccc1OCCCOc1ccc(/C=C(/C#N)C(=O)Nc2nc(SC)ns2)cc1. The Kier molecular flexibility index (Phi) is 9.11. The Hall–Kier alpha value is -3.55. The normalized spacial score (nSPS) is 10.9. The number of aromatic nitrogens is 2. The number of nitrogens with one attached hydrogen (secondary N) is 1. The van der Waals surface area contributed by atoms with Crippen LogP contribution in [0.5, 0.6) is 17.2 Å². The highest BCUT2D eigenvalue weighted by Gasteiger charge is 2.12. The van der Waals surface area contributed by atoms with Crippen LogP contribution in [-0.4, -0.2) is 41.8 Å². The van der Waals surface area contributed by atoms with Crippen molar-refractivity contribution in [2.45, 2.75) is 11.6 Å². The second kappa shape index (κ2) is 12.5. The Morgan fingerprint density at radius 3 is 2.55 bits per heavy atom. The van der Waals surface area contributed by atoms with E-state index in [0.29, 0.717) is 52.7 Å². The molecule has 3 aromatic rings. The molecule has 1 amide bonds. The van der Waals surface area contributed by atoms with Crippen LogP contribution in [0, 0.1) is 11.3 Å². The molecule has 0 radical (unpaired) electrons. The van der Waals surface area contributed by atoms with Crippen molar-refractivity contribution in [3.8, 4) is 23.3 Å². The molecular formula is C23H22N4O4S2. The van der Waals surface area contributed by atoms with E-state index in [0.717, 1.165) is 11.5 Å². The molecule has 33 heavy (non-hydrogen) atoms. The van der Waals surface area contributed by atoms with Gasteiger partial charge in [-0.2, -0.15) is 14.6 Å². The molecule has 1 aromatic heterocycles. The van der Waals surface area contributed by atoms with Crippen molar-refractivity contribution in [1.82, 2.24) is 9.36 Å². The molecular weight excluding hydrogens is 460 g/mol. The fourth-order valence-electron chi connectivity index (χ4n) is 2.65. The second-order valence-corrected chi connectivity index (χ2v) is 8.01. The van der Waals surface area contributed by atoms with Gasteiger partial charge in [-0.25, -0.2) is 0 Å². The molecule has 8 nitrogen and oxygen atoms in total. The first-order valence-electron chi connectivity index (χ1n) is 9.92. The Labute approximate surface area is 200 Å². The lowest BCUT2D eigenvalue weighted by molar-refractivity contribution is -0.112. The van der Waals surface area contributed by atoms with Gasteiger partial charge in [0.05, 0.1) is 20.3 Å². The molecule has 0 unspecified atom stereocenters. The molecule has 10 heteroatoms. The van der Waals surface area contributed by atoms with Crippen molar-refractivity contribution in [2.24, 2.45) is 0 Å². The average molecular weight is 483 g/mol. The molecule has 2 aromatic carbocycles. The summed E-state index contributed by atoms with van der Waals surface area (Å²) in [4.78, 5) is 16.5. The Morgan fingerprint density at radius 1 is 1.15 bits per heavy atom. The van der Waals surface area contributed by atoms with E-state index < -0.39 is 5.91 Å². The number of methoxy groups -OCH3 is 1. The minimum atomic E-state index is -0.531. The summed E-state index contributed by atoms with van der Waals surface area (Å²) in [6.07, 6.45) is 4.05. The summed E-state index contributed by atoms with van der Waals surface area (Å²) in [6, 6.07) is 16.5. The minimum absolute atomic E-state index is 0.0296. The summed E-state index contributed by atoms with van der Waals surface area (Å²) in [6.45, 7) is 0.977. The van der Waals surface area contributed by atoms with Crippen molar-refractivity contribution in [2.75, 3.05) is 31.9 Å². The number of nitrogens with zero attached hydrogens (tertiary/aromatic N) is 3. The molecule has 0 aliphatic rings. The van der Waals surface area contributed by atoms with E-state index >= 15 is 0 Å². The number of amides is 1. The number of rotatable bonds is 11. The summed E-state index contributed by atoms with van der Waals surface area (Å²) in [7, 11) is 1.61. The van der Waals surface area contributed by atoms with Gasteiger partial charge in [0.25, 0.3) is 5.91 Å². The van der Waals surface area contributed by atoms with Gasteiger partial charge in [-0.3, -0.25) is 10.1 Å². The Balaban J connectivity index is 1.47. The van der Waals surface area contributed by atoms with Crippen LogP contribution in [0.15, 0.2) is 59.3 Å². The van der Waals surface area contributed by atoms with Crippen LogP contribution in [0.4, 0.5) is 5.13 Å². The first-order chi connectivity index (χ1) is 16.1. The van der Waals surface area contributed by atoms with E-state index in [-0.39, 0.29) is 5.57 Å². The average Bonchev–Trinajstić information content (AvgIpc) is 3.30. The maximum atomic E-state index is 12.3. The predicted molar refractivity (Wildman–Crippen MR) is 129 cm³/mol. The largest absolute Gasteiger partial charge is 0.493 e. The van der Waals surface area contributed by atoms with E-state index in [1.165, 1.54) is 17.8 Å². The third-order valence-electron chi connectivity index (χ3n) is 4.25. The van der Waals surface area contributed by atoms with E-state index in [1.807, 2.05) is 36.6 Å². The van der Waals surface area contributed by atoms with E-state index in [1.54, 1.807) is 31.4 Å². The van der Waals surface area contributed by atoms with Gasteiger partial charge in [0.2, 0.25) is 10.3 Å². The zero-order chi connectivity index (χ0) is 23.5. The number of hydrogen-bond acceptors (Lipinski definition) is 9. The Bertz CT molecular complexity index is 1140. The zero-order valence-corrected chi connectivity index (χ0v) is 19.7. The second-order valence-electron chi connectivity index (χ2n) is 6.48. The Morgan fingerprint density at radius 2 is 1.88 bits per heavy atom. The lowest BCUT2D eigenvalue weighted by atomic mass is 10.1. The van der Waals surface area contributed by atoms with Crippen LogP contribution in [0.1, 0.15) is 12.0 Å². The highest BCUT2D eigenvalue weighted by Crippen LogP contribution is 2.26. The number of nitriles is 1. The topological polar surface area (TPSA) is 106 Å². The lowest BCUT2D eigenvalue weighted by Crippen LogP contribution is -2.13. The lowest BCUT2D eigenvalue weighted by Gasteiger charge is -2.11. The molecule has 1 N–H and O–H groups in total. The van der Waals surface area contributed by atoms with Crippen LogP contribution in [0.2, 0.25) is 0 Å². The van der Waals surface area contributed by atoms with Gasteiger partial charge in [-0.15, -0.1) is 0 Å². The summed E-state index contributed by atoms with van der Waals surface area (Å²) in [5, 5.41) is 12.9. The van der Waals surface area contributed by atoms with Crippen LogP contribution < -0.4 is 19.5 Å². The summed E-state index contributed by atoms with van der Waals surface area (Å²) in [5.74, 6) is 1.55. The van der Waals surface area contributed by atoms with Gasteiger partial charge in [-0.1, -0.05) is 36.0 Å². The summed E-state index contributed by atoms with van der Waals surface area (Å²) >= 11 is 2.44. The maximum Gasteiger partial charge on any atom is 0.268 e. The number of anilines is 1. The highest BCUT2D eigenvalue weighted by atomic mass is 32.2. The van der Waals surface area contributed by atoms with Crippen LogP contribution >= 0.6 is 23.3 Å². The van der Waals surface area contributed by atoms with E-state index in [9.17, 15) is 10.1 Å². The fraction of sp³-hybridized carbons (Fsp3) is 0.217. The fourth-order valence-corrected chi connectivity index (χ4v) is 3.77. The first kappa shape index (κ1) is 24.1. The molecule has 0 spiro atoms. The van der Waals surface area contributed by atoms with Crippen molar-refractivity contribution >= 4 is 40.4 Å². The molecule has 0 saturated carbocycles. The molecule has 170 valence electrons. The number of carbonyl (C=O) groups excluding carboxylic acids is 1. The molecule has 3 rings (SSSR count). The minimum Gasteiger partial charge on any atom is -0.493 e. The molecule has 0 aliphatic heterocycles. The molecule has 1 heterocycles. The number of carbonyl (C=O) groups is 1. The third kappa shape index (κ3) is 7.24. The molecule has 0 bridgehead atoms. The third-order valence-corrected chi connectivity index (χ3v) is 5.54. The quantitative estimate of drug-likeness (QED) is 0.182. The molecule has 0 saturated heterocycles. The van der Waals surface area contributed by atoms with Gasteiger partial charge in [-0.05, 0) is 42.2 Å². The van der Waals surface area contributed by atoms with Gasteiger partial charge in [0, 0.05) is 18.0 Å². The van der Waals surface area contributed by atoms with Crippen molar-refractivity contribution < 1.29 is 19.0 Å². The smallest absolute Gasteiger partial charge is 0.268 e. The van der Waals surface area contributed by atoms with Crippen LogP contribution in [0.25, 0.3) is 6.08 Å². The van der Waals surface area contributed by atoms with Crippen molar-refractivity contribution in [3.05, 3.63) is 59.7 Å². The van der Waals surface area contributed by atoms with Crippen LogP contribution in [-0.2, 0) is 4.79 Å². The predicted octanol–water partition coefficient (Wildman–Crippen LogP) is 4.66. The summed E-state index contributed by atoms with van der Waals surface area (Å²) in [5.41, 5.74) is 0.675. The monoisotopic (exact) mass is 482 g/mol. The standard InChI is InChI=1S/C23H22N4O4S2/c1-29-19-6-3-4-7-20(19)31-13-5-12-30-18-10-8-16(9-11-18)14-17(15-24)21(28)25-22-26-23(32-2)27-33-22/h3-4,6-11,14H,5,12-13H2,1-2H3,(H,25,26,27,28)/b17-14-. The van der Waals surface area contributed by atoms with Gasteiger partial charge < -0.3 is 14.2 Å². The first-order valence-corrected chi connectivity index (χ1v) is 11.9. The number of ether oxygens (including phenoxy) is 3. The number of benzene rings is 2. The molecule has 0 aliphatic carbocycles. The highest BCUT2D eigenvalue weighted by molar-refractivity contribution is 7.98.